The molecule has 0 unspecified atom stereocenters. The average molecular weight is 327 g/mol. The first-order valence-corrected chi connectivity index (χ1v) is 8.24. The summed E-state index contributed by atoms with van der Waals surface area (Å²) in [5.74, 6) is 1.95. The van der Waals surface area contributed by atoms with Crippen LogP contribution in [0.15, 0.2) is 36.4 Å². The molecule has 0 saturated carbocycles. The summed E-state index contributed by atoms with van der Waals surface area (Å²) in [7, 11) is 0. The van der Waals surface area contributed by atoms with E-state index in [0.29, 0.717) is 18.1 Å². The van der Waals surface area contributed by atoms with Crippen LogP contribution in [0.25, 0.3) is 11.1 Å². The Hall–Kier alpha value is -2.29. The minimum Gasteiger partial charge on any atom is -0.448 e. The van der Waals surface area contributed by atoms with Gasteiger partial charge in [0.1, 0.15) is 4.88 Å². The molecule has 0 radical (unpaired) electrons. The van der Waals surface area contributed by atoms with Crippen molar-refractivity contribution in [1.29, 1.82) is 0 Å². The quantitative estimate of drug-likeness (QED) is 0.639. The fourth-order valence-electron chi connectivity index (χ4n) is 2.49. The van der Waals surface area contributed by atoms with Crippen molar-refractivity contribution in [3.63, 3.8) is 0 Å². The van der Waals surface area contributed by atoms with E-state index in [1.165, 1.54) is 11.3 Å². The van der Waals surface area contributed by atoms with Crippen molar-refractivity contribution in [2.24, 2.45) is 0 Å². The maximum Gasteiger partial charge on any atom is 0.349 e. The maximum atomic E-state index is 12.1. The molecule has 1 aromatic carbocycles. The number of anilines is 1. The van der Waals surface area contributed by atoms with Gasteiger partial charge in [-0.25, -0.2) is 4.79 Å². The lowest BCUT2D eigenvalue weighted by Gasteiger charge is -2.28. The lowest BCUT2D eigenvalue weighted by molar-refractivity contribution is 0.0562. The van der Waals surface area contributed by atoms with Crippen molar-refractivity contribution in [2.75, 3.05) is 37.8 Å². The van der Waals surface area contributed by atoms with Gasteiger partial charge in [-0.05, 0) is 11.6 Å². The number of carbonyl (C=O) groups excluding carboxylic acids is 1. The minimum absolute atomic E-state index is 0.00963. The average Bonchev–Trinajstić information content (AvgIpc) is 3.06. The summed E-state index contributed by atoms with van der Waals surface area (Å²) < 4.78 is 10.5. The van der Waals surface area contributed by atoms with Gasteiger partial charge in [-0.2, -0.15) is 0 Å². The standard InChI is InChI=1S/C18H17NO3S/c1-2-10-22-18(20)16-13-15(14-6-4-3-5-7-14)17(23-16)19-8-11-21-12-9-19/h1,3-7,13H,8-12H2. The van der Waals surface area contributed by atoms with Crippen LogP contribution in [0, 0.1) is 12.3 Å². The Balaban J connectivity index is 1.96. The molecule has 23 heavy (non-hydrogen) atoms. The molecule has 1 aromatic heterocycles. The third-order valence-corrected chi connectivity index (χ3v) is 4.76. The van der Waals surface area contributed by atoms with Crippen LogP contribution in [0.1, 0.15) is 9.67 Å². The first kappa shape index (κ1) is 15.6. The molecule has 3 rings (SSSR count). The highest BCUT2D eigenvalue weighted by molar-refractivity contribution is 7.18. The second-order valence-corrected chi connectivity index (χ2v) is 6.11. The molecule has 0 bridgehead atoms. The Morgan fingerprint density at radius 3 is 2.74 bits per heavy atom. The second-order valence-electron chi connectivity index (χ2n) is 5.08. The highest BCUT2D eigenvalue weighted by atomic mass is 32.1. The molecule has 1 aliphatic heterocycles. The van der Waals surface area contributed by atoms with Crippen LogP contribution in [0.3, 0.4) is 0 Å². The van der Waals surface area contributed by atoms with Crippen LogP contribution in [-0.2, 0) is 9.47 Å². The Labute approximate surface area is 139 Å². The molecule has 1 aliphatic rings. The minimum atomic E-state index is -0.371. The van der Waals surface area contributed by atoms with Crippen molar-refractivity contribution in [1.82, 2.24) is 0 Å². The predicted molar refractivity (Wildman–Crippen MR) is 91.9 cm³/mol. The first-order chi connectivity index (χ1) is 11.3. The van der Waals surface area contributed by atoms with Crippen LogP contribution in [0.5, 0.6) is 0 Å². The largest absolute Gasteiger partial charge is 0.448 e. The van der Waals surface area contributed by atoms with Gasteiger partial charge in [-0.1, -0.05) is 36.3 Å². The van der Waals surface area contributed by atoms with Crippen LogP contribution in [0.4, 0.5) is 5.00 Å². The molecule has 2 aromatic rings. The summed E-state index contributed by atoms with van der Waals surface area (Å²) >= 11 is 1.45. The zero-order chi connectivity index (χ0) is 16.1. The molecule has 0 spiro atoms. The van der Waals surface area contributed by atoms with E-state index in [1.54, 1.807) is 0 Å². The van der Waals surface area contributed by atoms with Crippen LogP contribution >= 0.6 is 11.3 Å². The normalized spacial score (nSPS) is 14.3. The number of benzene rings is 1. The van der Waals surface area contributed by atoms with E-state index >= 15 is 0 Å². The molecule has 0 N–H and O–H groups in total. The number of nitrogens with zero attached hydrogens (tertiary/aromatic N) is 1. The van der Waals surface area contributed by atoms with Gasteiger partial charge in [-0.15, -0.1) is 17.8 Å². The molecule has 2 heterocycles. The zero-order valence-corrected chi connectivity index (χ0v) is 13.5. The molecular weight excluding hydrogens is 310 g/mol. The molecule has 1 fully saturated rings. The Morgan fingerprint density at radius 1 is 1.30 bits per heavy atom. The van der Waals surface area contributed by atoms with Gasteiger partial charge >= 0.3 is 5.97 Å². The van der Waals surface area contributed by atoms with Crippen LogP contribution in [-0.4, -0.2) is 38.9 Å². The van der Waals surface area contributed by atoms with E-state index in [-0.39, 0.29) is 12.6 Å². The molecule has 0 atom stereocenters. The van der Waals surface area contributed by atoms with E-state index in [0.717, 1.165) is 29.2 Å². The molecule has 0 amide bonds. The summed E-state index contributed by atoms with van der Waals surface area (Å²) in [5, 5.41) is 1.08. The summed E-state index contributed by atoms with van der Waals surface area (Å²) in [6.07, 6.45) is 5.15. The van der Waals surface area contributed by atoms with E-state index in [2.05, 4.69) is 10.8 Å². The number of ether oxygens (including phenoxy) is 2. The first-order valence-electron chi connectivity index (χ1n) is 7.42. The molecule has 4 nitrogen and oxygen atoms in total. The number of carbonyl (C=O) groups is 1. The van der Waals surface area contributed by atoms with Gasteiger partial charge in [0.05, 0.1) is 18.2 Å². The van der Waals surface area contributed by atoms with Gasteiger partial charge in [0.2, 0.25) is 0 Å². The zero-order valence-electron chi connectivity index (χ0n) is 12.7. The monoisotopic (exact) mass is 327 g/mol. The Morgan fingerprint density at radius 2 is 2.04 bits per heavy atom. The molecule has 5 heteroatoms. The Kier molecular flexibility index (Phi) is 4.96. The van der Waals surface area contributed by atoms with Crippen LogP contribution < -0.4 is 4.90 Å². The maximum absolute atomic E-state index is 12.1. The van der Waals surface area contributed by atoms with Gasteiger partial charge in [0.15, 0.2) is 6.61 Å². The van der Waals surface area contributed by atoms with Crippen molar-refractivity contribution in [2.45, 2.75) is 0 Å². The smallest absolute Gasteiger partial charge is 0.349 e. The van der Waals surface area contributed by atoms with Crippen molar-refractivity contribution in [3.8, 4) is 23.5 Å². The van der Waals surface area contributed by atoms with Crippen molar-refractivity contribution >= 4 is 22.3 Å². The van der Waals surface area contributed by atoms with Gasteiger partial charge in [-0.3, -0.25) is 0 Å². The SMILES string of the molecule is C#CCOC(=O)c1cc(-c2ccccc2)c(N2CCOCC2)s1. The fraction of sp³-hybridized carbons (Fsp3) is 0.278. The molecule has 118 valence electrons. The number of rotatable bonds is 4. The molecule has 0 aliphatic carbocycles. The number of terminal acetylenes is 1. The van der Waals surface area contributed by atoms with E-state index in [9.17, 15) is 4.79 Å². The lowest BCUT2D eigenvalue weighted by Crippen LogP contribution is -2.35. The van der Waals surface area contributed by atoms with E-state index in [4.69, 9.17) is 15.9 Å². The lowest BCUT2D eigenvalue weighted by atomic mass is 10.1. The number of thiophene rings is 1. The number of hydrogen-bond donors (Lipinski definition) is 0. The topological polar surface area (TPSA) is 38.8 Å². The number of esters is 1. The van der Waals surface area contributed by atoms with Gasteiger partial charge in [0.25, 0.3) is 0 Å². The predicted octanol–water partition coefficient (Wildman–Crippen LogP) is 3.04. The van der Waals surface area contributed by atoms with E-state index in [1.807, 2.05) is 36.4 Å². The number of morpholine rings is 1. The third kappa shape index (κ3) is 3.55. The second kappa shape index (κ2) is 7.32. The highest BCUT2D eigenvalue weighted by Crippen LogP contribution is 2.39. The molecule has 1 saturated heterocycles. The number of hydrogen-bond acceptors (Lipinski definition) is 5. The summed E-state index contributed by atoms with van der Waals surface area (Å²) in [6, 6.07) is 11.9. The summed E-state index contributed by atoms with van der Waals surface area (Å²) in [4.78, 5) is 15.0. The van der Waals surface area contributed by atoms with Crippen molar-refractivity contribution < 1.29 is 14.3 Å². The van der Waals surface area contributed by atoms with Crippen LogP contribution in [0.2, 0.25) is 0 Å². The Bertz CT molecular complexity index is 712. The highest BCUT2D eigenvalue weighted by Gasteiger charge is 2.22. The fourth-order valence-corrected chi connectivity index (χ4v) is 3.61. The van der Waals surface area contributed by atoms with E-state index < -0.39 is 0 Å². The molecular formula is C18H17NO3S. The van der Waals surface area contributed by atoms with Crippen molar-refractivity contribution in [3.05, 3.63) is 41.3 Å². The summed E-state index contributed by atoms with van der Waals surface area (Å²) in [6.45, 7) is 3.02. The van der Waals surface area contributed by atoms with Gasteiger partial charge in [0, 0.05) is 18.7 Å². The summed E-state index contributed by atoms with van der Waals surface area (Å²) in [5.41, 5.74) is 2.13. The third-order valence-electron chi connectivity index (χ3n) is 3.58. The van der Waals surface area contributed by atoms with Gasteiger partial charge < -0.3 is 14.4 Å².